The molecule has 6 nitrogen and oxygen atoms in total. The Hall–Kier alpha value is -3.80. The molecule has 4 rings (SSSR count). The zero-order chi connectivity index (χ0) is 20.2. The van der Waals surface area contributed by atoms with Crippen LogP contribution in [0.2, 0.25) is 0 Å². The van der Waals surface area contributed by atoms with Crippen LogP contribution in [-0.4, -0.2) is 25.3 Å². The van der Waals surface area contributed by atoms with Gasteiger partial charge in [0.25, 0.3) is 5.91 Å². The van der Waals surface area contributed by atoms with Gasteiger partial charge < -0.3 is 19.3 Å². The summed E-state index contributed by atoms with van der Waals surface area (Å²) in [6.45, 7) is 0.245. The van der Waals surface area contributed by atoms with Gasteiger partial charge in [0.05, 0.1) is 20.8 Å². The van der Waals surface area contributed by atoms with Crippen LogP contribution >= 0.6 is 0 Å². The highest BCUT2D eigenvalue weighted by Crippen LogP contribution is 2.25. The highest BCUT2D eigenvalue weighted by atomic mass is 16.5. The number of carbonyl (C=O) groups excluding carboxylic acids is 1. The van der Waals surface area contributed by atoms with Crippen LogP contribution < -0.4 is 14.8 Å². The van der Waals surface area contributed by atoms with Crippen molar-refractivity contribution in [1.82, 2.24) is 10.5 Å². The zero-order valence-electron chi connectivity index (χ0n) is 16.1. The molecule has 0 saturated carbocycles. The Morgan fingerprint density at radius 3 is 2.38 bits per heavy atom. The number of fused-ring (bicyclic) bond motifs is 1. The Balaban J connectivity index is 1.47. The molecule has 1 amide bonds. The minimum atomic E-state index is -0.252. The third kappa shape index (κ3) is 4.06. The van der Waals surface area contributed by atoms with E-state index in [9.17, 15) is 4.79 Å². The molecule has 0 unspecified atom stereocenters. The Morgan fingerprint density at radius 1 is 0.931 bits per heavy atom. The second-order valence-corrected chi connectivity index (χ2v) is 6.53. The molecule has 0 aliphatic heterocycles. The summed E-state index contributed by atoms with van der Waals surface area (Å²) in [4.78, 5) is 12.5. The number of amides is 1. The summed E-state index contributed by atoms with van der Waals surface area (Å²) in [6.07, 6.45) is 0. The van der Waals surface area contributed by atoms with E-state index in [0.29, 0.717) is 28.5 Å². The monoisotopic (exact) mass is 388 g/mol. The van der Waals surface area contributed by atoms with Crippen molar-refractivity contribution in [1.29, 1.82) is 0 Å². The molecule has 0 aliphatic carbocycles. The molecular weight excluding hydrogens is 368 g/mol. The summed E-state index contributed by atoms with van der Waals surface area (Å²) in [5.41, 5.74) is 2.02. The molecule has 0 fully saturated rings. The summed E-state index contributed by atoms with van der Waals surface area (Å²) in [7, 11) is 3.08. The summed E-state index contributed by atoms with van der Waals surface area (Å²) in [5.74, 6) is 1.50. The molecule has 1 aromatic heterocycles. The van der Waals surface area contributed by atoms with Crippen molar-refractivity contribution in [2.24, 2.45) is 0 Å². The molecule has 146 valence electrons. The van der Waals surface area contributed by atoms with Gasteiger partial charge in [-0.15, -0.1) is 0 Å². The van der Waals surface area contributed by atoms with Crippen LogP contribution in [0.3, 0.4) is 0 Å². The predicted molar refractivity (Wildman–Crippen MR) is 110 cm³/mol. The highest BCUT2D eigenvalue weighted by Gasteiger charge is 2.12. The number of hydrogen-bond donors (Lipinski definition) is 1. The van der Waals surface area contributed by atoms with Gasteiger partial charge in [0.2, 0.25) is 0 Å². The van der Waals surface area contributed by atoms with Gasteiger partial charge >= 0.3 is 0 Å². The number of nitrogens with one attached hydrogen (secondary N) is 1. The molecule has 0 radical (unpaired) electrons. The summed E-state index contributed by atoms with van der Waals surface area (Å²) >= 11 is 0. The first kappa shape index (κ1) is 18.6. The topological polar surface area (TPSA) is 73.6 Å². The summed E-state index contributed by atoms with van der Waals surface area (Å²) in [5, 5.41) is 9.20. The number of ether oxygens (including phenoxy) is 2. The molecule has 6 heteroatoms. The van der Waals surface area contributed by atoms with Gasteiger partial charge in [0, 0.05) is 23.3 Å². The van der Waals surface area contributed by atoms with E-state index in [4.69, 9.17) is 14.0 Å². The summed E-state index contributed by atoms with van der Waals surface area (Å²) < 4.78 is 15.9. The number of nitrogens with zero attached hydrogens (tertiary/aromatic N) is 1. The van der Waals surface area contributed by atoms with Crippen molar-refractivity contribution in [3.8, 4) is 22.8 Å². The SMILES string of the molecule is COc1cc(OC)cc(C(=O)NCc2cc(-c3ccc4ccccc4c3)on2)c1. The maximum absolute atomic E-state index is 12.5. The van der Waals surface area contributed by atoms with Crippen molar-refractivity contribution in [2.75, 3.05) is 14.2 Å². The largest absolute Gasteiger partial charge is 0.497 e. The Labute approximate surface area is 168 Å². The van der Waals surface area contributed by atoms with Gasteiger partial charge in [0.15, 0.2) is 5.76 Å². The second-order valence-electron chi connectivity index (χ2n) is 6.53. The van der Waals surface area contributed by atoms with Crippen LogP contribution in [0, 0.1) is 0 Å². The lowest BCUT2D eigenvalue weighted by atomic mass is 10.1. The molecule has 1 N–H and O–H groups in total. The van der Waals surface area contributed by atoms with Crippen molar-refractivity contribution < 1.29 is 18.8 Å². The smallest absolute Gasteiger partial charge is 0.251 e. The summed E-state index contributed by atoms with van der Waals surface area (Å²) in [6, 6.07) is 21.1. The van der Waals surface area contributed by atoms with E-state index in [-0.39, 0.29) is 12.5 Å². The van der Waals surface area contributed by atoms with Gasteiger partial charge in [-0.2, -0.15) is 0 Å². The number of benzene rings is 3. The molecule has 0 atom stereocenters. The maximum atomic E-state index is 12.5. The third-order valence-corrected chi connectivity index (χ3v) is 4.64. The third-order valence-electron chi connectivity index (χ3n) is 4.64. The zero-order valence-corrected chi connectivity index (χ0v) is 16.1. The van der Waals surface area contributed by atoms with Crippen LogP contribution in [0.25, 0.3) is 22.1 Å². The molecule has 0 bridgehead atoms. The first-order chi connectivity index (χ1) is 14.2. The molecule has 3 aromatic carbocycles. The highest BCUT2D eigenvalue weighted by molar-refractivity contribution is 5.95. The molecule has 4 aromatic rings. The predicted octanol–water partition coefficient (Wildman–Crippen LogP) is 4.44. The van der Waals surface area contributed by atoms with Gasteiger partial charge in [-0.3, -0.25) is 4.79 Å². The quantitative estimate of drug-likeness (QED) is 0.529. The second kappa shape index (κ2) is 8.06. The van der Waals surface area contributed by atoms with Crippen LogP contribution in [0.15, 0.2) is 71.3 Å². The van der Waals surface area contributed by atoms with E-state index >= 15 is 0 Å². The van der Waals surface area contributed by atoms with Gasteiger partial charge in [-0.05, 0) is 29.0 Å². The standard InChI is InChI=1S/C23H20N2O4/c1-27-20-10-18(11-21(13-20)28-2)23(26)24-14-19-12-22(29-25-19)17-8-7-15-5-3-4-6-16(15)9-17/h3-13H,14H2,1-2H3,(H,24,26). The molecule has 0 spiro atoms. The van der Waals surface area contributed by atoms with Crippen LogP contribution in [0.1, 0.15) is 16.1 Å². The molecule has 0 aliphatic rings. The Morgan fingerprint density at radius 2 is 1.66 bits per heavy atom. The molecule has 0 saturated heterocycles. The number of aromatic nitrogens is 1. The minimum Gasteiger partial charge on any atom is -0.497 e. The van der Waals surface area contributed by atoms with Gasteiger partial charge in [-0.1, -0.05) is 41.6 Å². The van der Waals surface area contributed by atoms with Crippen LogP contribution in [0.5, 0.6) is 11.5 Å². The van der Waals surface area contributed by atoms with Crippen molar-refractivity contribution >= 4 is 16.7 Å². The van der Waals surface area contributed by atoms with E-state index in [1.165, 1.54) is 0 Å². The first-order valence-corrected chi connectivity index (χ1v) is 9.12. The Bertz CT molecular complexity index is 1140. The van der Waals surface area contributed by atoms with Gasteiger partial charge in [-0.25, -0.2) is 0 Å². The Kier molecular flexibility index (Phi) is 5.16. The minimum absolute atomic E-state index is 0.245. The fourth-order valence-corrected chi connectivity index (χ4v) is 3.09. The van der Waals surface area contributed by atoms with Crippen LogP contribution in [0.4, 0.5) is 0 Å². The van der Waals surface area contributed by atoms with E-state index in [1.807, 2.05) is 30.3 Å². The van der Waals surface area contributed by atoms with Crippen LogP contribution in [-0.2, 0) is 6.54 Å². The van der Waals surface area contributed by atoms with E-state index in [0.717, 1.165) is 16.3 Å². The van der Waals surface area contributed by atoms with Crippen molar-refractivity contribution in [3.63, 3.8) is 0 Å². The molecular formula is C23H20N2O4. The lowest BCUT2D eigenvalue weighted by molar-refractivity contribution is 0.0949. The average Bonchev–Trinajstić information content (AvgIpc) is 3.25. The number of rotatable bonds is 6. The average molecular weight is 388 g/mol. The van der Waals surface area contributed by atoms with E-state index < -0.39 is 0 Å². The van der Waals surface area contributed by atoms with E-state index in [2.05, 4.69) is 28.7 Å². The lowest BCUT2D eigenvalue weighted by Gasteiger charge is -2.08. The number of hydrogen-bond acceptors (Lipinski definition) is 5. The lowest BCUT2D eigenvalue weighted by Crippen LogP contribution is -2.23. The fraction of sp³-hybridized carbons (Fsp3) is 0.130. The van der Waals surface area contributed by atoms with Crippen molar-refractivity contribution in [3.05, 3.63) is 78.0 Å². The fourth-order valence-electron chi connectivity index (χ4n) is 3.09. The number of carbonyl (C=O) groups is 1. The van der Waals surface area contributed by atoms with Gasteiger partial charge in [0.1, 0.15) is 17.2 Å². The normalized spacial score (nSPS) is 10.7. The number of methoxy groups -OCH3 is 2. The maximum Gasteiger partial charge on any atom is 0.251 e. The first-order valence-electron chi connectivity index (χ1n) is 9.12. The molecule has 29 heavy (non-hydrogen) atoms. The van der Waals surface area contributed by atoms with E-state index in [1.54, 1.807) is 32.4 Å². The molecule has 1 heterocycles. The van der Waals surface area contributed by atoms with Crippen molar-refractivity contribution in [2.45, 2.75) is 6.54 Å².